The fourth-order valence-electron chi connectivity index (χ4n) is 3.84. The van der Waals surface area contributed by atoms with Crippen LogP contribution in [0.2, 0.25) is 4.82 Å². The number of aromatic nitrogens is 3. The Balaban J connectivity index is 1.63. The molecule has 1 fully saturated rings. The average molecular weight is 517 g/mol. The molecule has 3 atom stereocenters. The molecule has 0 saturated carbocycles. The molecule has 1 aliphatic rings. The third-order valence-electron chi connectivity index (χ3n) is 5.29. The van der Waals surface area contributed by atoms with E-state index in [1.165, 1.54) is 11.3 Å². The van der Waals surface area contributed by atoms with Gasteiger partial charge in [0.1, 0.15) is 0 Å². The number of carbonyl (C=O) groups is 1. The van der Waals surface area contributed by atoms with E-state index in [0.717, 1.165) is 4.46 Å². The van der Waals surface area contributed by atoms with Crippen LogP contribution in [0.5, 0.6) is 0 Å². The van der Waals surface area contributed by atoms with E-state index in [2.05, 4.69) is 10.1 Å². The molecular weight excluding hydrogens is 496 g/mol. The van der Waals surface area contributed by atoms with E-state index in [4.69, 9.17) is 4.74 Å². The van der Waals surface area contributed by atoms with Crippen molar-refractivity contribution >= 4 is 41.6 Å². The number of imidazole rings is 1. The molecule has 3 heterocycles. The van der Waals surface area contributed by atoms with Crippen LogP contribution in [0.4, 0.5) is 13.2 Å². The van der Waals surface area contributed by atoms with Crippen molar-refractivity contribution in [3.63, 3.8) is 0 Å². The van der Waals surface area contributed by atoms with Gasteiger partial charge in [-0.3, -0.25) is 0 Å². The van der Waals surface area contributed by atoms with E-state index >= 15 is 0 Å². The second-order valence-electron chi connectivity index (χ2n) is 7.34. The summed E-state index contributed by atoms with van der Waals surface area (Å²) < 4.78 is 47.0. The number of likely N-dealkylation sites (tertiary alicyclic amines) is 1. The molecule has 2 aromatic heterocycles. The van der Waals surface area contributed by atoms with Crippen molar-refractivity contribution in [3.8, 4) is 0 Å². The van der Waals surface area contributed by atoms with E-state index in [-0.39, 0.29) is 46.4 Å². The molecule has 31 heavy (non-hydrogen) atoms. The number of fused-ring (bicyclic) bond motifs is 1. The van der Waals surface area contributed by atoms with Crippen molar-refractivity contribution in [2.45, 2.75) is 29.9 Å². The zero-order valence-corrected chi connectivity index (χ0v) is 19.2. The van der Waals surface area contributed by atoms with Crippen molar-refractivity contribution < 1.29 is 22.7 Å². The van der Waals surface area contributed by atoms with Crippen LogP contribution in [0.1, 0.15) is 24.6 Å². The van der Waals surface area contributed by atoms with Crippen molar-refractivity contribution in [3.05, 3.63) is 47.7 Å². The molecule has 3 aromatic rings. The Morgan fingerprint density at radius 1 is 1.32 bits per heavy atom. The number of hydrogen-bond acceptors (Lipinski definition) is 5. The maximum atomic E-state index is 13.5. The van der Waals surface area contributed by atoms with Crippen LogP contribution in [0.15, 0.2) is 42.0 Å². The van der Waals surface area contributed by atoms with Crippen LogP contribution in [0.3, 0.4) is 0 Å². The second-order valence-corrected chi connectivity index (χ2v) is 10.7. The van der Waals surface area contributed by atoms with E-state index in [1.807, 2.05) is 30.3 Å². The van der Waals surface area contributed by atoms with Gasteiger partial charge in [0.25, 0.3) is 0 Å². The monoisotopic (exact) mass is 518 g/mol. The van der Waals surface area contributed by atoms with Gasteiger partial charge in [-0.2, -0.15) is 0 Å². The number of hydrogen-bond donors (Lipinski definition) is 0. The number of ether oxygens (including phenoxy) is 1. The van der Waals surface area contributed by atoms with E-state index in [9.17, 15) is 18.0 Å². The Morgan fingerprint density at radius 2 is 2.10 bits per heavy atom. The molecule has 0 bridgehead atoms. The molecule has 166 valence electrons. The van der Waals surface area contributed by atoms with E-state index < -0.39 is 23.5 Å². The summed E-state index contributed by atoms with van der Waals surface area (Å²) in [5.74, 6) is -0.490. The number of halogens is 3. The molecule has 11 heteroatoms. The number of methoxy groups -OCH3 is 1. The van der Waals surface area contributed by atoms with Gasteiger partial charge in [0.2, 0.25) is 0 Å². The Kier molecular flexibility index (Phi) is 6.66. The van der Waals surface area contributed by atoms with Crippen molar-refractivity contribution in [2.24, 2.45) is 5.92 Å². The van der Waals surface area contributed by atoms with Gasteiger partial charge >= 0.3 is 188 Å². The van der Waals surface area contributed by atoms with E-state index in [1.54, 1.807) is 28.2 Å². The summed E-state index contributed by atoms with van der Waals surface area (Å²) in [6.45, 7) is 0.480. The Bertz CT molecular complexity index is 1030. The fourth-order valence-corrected chi connectivity index (χ4v) is 7.09. The molecule has 3 unspecified atom stereocenters. The molecule has 0 spiro atoms. The summed E-state index contributed by atoms with van der Waals surface area (Å²) in [6.07, 6.45) is -3.54. The van der Waals surface area contributed by atoms with Crippen LogP contribution in [0.25, 0.3) is 4.96 Å². The number of carbonyl (C=O) groups excluding carboxylic acids is 1. The second kappa shape index (κ2) is 9.28. The van der Waals surface area contributed by atoms with Gasteiger partial charge in [0.15, 0.2) is 0 Å². The predicted molar refractivity (Wildman–Crippen MR) is 112 cm³/mol. The average Bonchev–Trinajstić information content (AvgIpc) is 3.42. The molecule has 1 amide bonds. The molecule has 6 nitrogen and oxygen atoms in total. The van der Waals surface area contributed by atoms with Gasteiger partial charge in [0.05, 0.1) is 0 Å². The number of alkyl halides is 3. The van der Waals surface area contributed by atoms with Crippen LogP contribution in [-0.2, 0) is 9.53 Å². The summed E-state index contributed by atoms with van der Waals surface area (Å²) in [4.78, 5) is 19.7. The van der Waals surface area contributed by atoms with Crippen LogP contribution in [-0.4, -0.2) is 66.8 Å². The van der Waals surface area contributed by atoms with Crippen LogP contribution < -0.4 is 4.46 Å². The first-order valence-electron chi connectivity index (χ1n) is 9.72. The number of rotatable bonds is 8. The Hall–Kier alpha value is -1.94. The number of nitrogens with zero attached hydrogens (tertiary/aromatic N) is 4. The summed E-state index contributed by atoms with van der Waals surface area (Å²) in [7, 11) is 1.54. The Morgan fingerprint density at radius 3 is 2.81 bits per heavy atom. The van der Waals surface area contributed by atoms with Crippen LogP contribution in [0, 0.1) is 5.92 Å². The molecule has 0 aliphatic carbocycles. The SMILES string of the molecule is COCC(c1cnc2scnn12)N1CC(CCC(F)(F)F)C([Se]c2ccccc2)C1=O. The zero-order valence-electron chi connectivity index (χ0n) is 16.7. The van der Waals surface area contributed by atoms with Gasteiger partial charge in [0, 0.05) is 0 Å². The maximum absolute atomic E-state index is 13.5. The summed E-state index contributed by atoms with van der Waals surface area (Å²) >= 11 is 1.11. The van der Waals surface area contributed by atoms with Gasteiger partial charge < -0.3 is 0 Å². The predicted octanol–water partition coefficient (Wildman–Crippen LogP) is 3.10. The Labute approximate surface area is 187 Å². The van der Waals surface area contributed by atoms with Crippen molar-refractivity contribution in [2.75, 3.05) is 20.3 Å². The summed E-state index contributed by atoms with van der Waals surface area (Å²) in [5.41, 5.74) is 2.36. The third kappa shape index (κ3) is 4.95. The first-order valence-corrected chi connectivity index (χ1v) is 12.4. The summed E-state index contributed by atoms with van der Waals surface area (Å²) in [5, 5.41) is 4.29. The van der Waals surface area contributed by atoms with Crippen molar-refractivity contribution in [1.29, 1.82) is 0 Å². The number of amides is 1. The minimum atomic E-state index is -4.25. The standard InChI is InChI=1S/C20H21F3N4O2SSe/c1-29-11-16(15-9-24-19-27(15)25-12-30-19)26-10-13(7-8-20(21,22)23)17(18(26)28)31-14-5-3-2-4-6-14/h2-6,9,12-13,16-17H,7-8,10-11H2,1H3. The molecule has 1 saturated heterocycles. The fraction of sp³-hybridized carbons (Fsp3) is 0.450. The quantitative estimate of drug-likeness (QED) is 0.431. The molecule has 1 aliphatic heterocycles. The minimum absolute atomic E-state index is 0.0663. The molecule has 0 N–H and O–H groups in total. The molecular formula is C20H21F3N4O2SSe. The molecule has 4 rings (SSSR count). The normalized spacial score (nSPS) is 20.6. The van der Waals surface area contributed by atoms with Crippen LogP contribution >= 0.6 is 11.3 Å². The first-order chi connectivity index (χ1) is 14.9. The van der Waals surface area contributed by atoms with Gasteiger partial charge in [-0.15, -0.1) is 0 Å². The van der Waals surface area contributed by atoms with E-state index in [0.29, 0.717) is 10.7 Å². The van der Waals surface area contributed by atoms with Crippen molar-refractivity contribution in [1.82, 2.24) is 19.5 Å². The van der Waals surface area contributed by atoms with Gasteiger partial charge in [-0.25, -0.2) is 0 Å². The topological polar surface area (TPSA) is 59.7 Å². The molecule has 0 radical (unpaired) electrons. The third-order valence-corrected chi connectivity index (χ3v) is 8.88. The molecule has 1 aromatic carbocycles. The first kappa shape index (κ1) is 22.3. The van der Waals surface area contributed by atoms with Gasteiger partial charge in [-0.05, 0) is 0 Å². The van der Waals surface area contributed by atoms with Gasteiger partial charge in [-0.1, -0.05) is 0 Å². The number of benzene rings is 1. The summed E-state index contributed by atoms with van der Waals surface area (Å²) in [6, 6.07) is 9.06. The zero-order chi connectivity index (χ0) is 22.0.